The summed E-state index contributed by atoms with van der Waals surface area (Å²) in [5.74, 6) is -0.136. The zero-order chi connectivity index (χ0) is 10.1. The van der Waals surface area contributed by atoms with E-state index in [1.54, 1.807) is 0 Å². The van der Waals surface area contributed by atoms with Gasteiger partial charge in [-0.15, -0.1) is 11.6 Å². The minimum absolute atomic E-state index is 0.136. The third-order valence-corrected chi connectivity index (χ3v) is 2.63. The van der Waals surface area contributed by atoms with E-state index in [4.69, 9.17) is 11.6 Å². The maximum atomic E-state index is 11.5. The topological polar surface area (TPSA) is 32.3 Å². The van der Waals surface area contributed by atoms with Crippen molar-refractivity contribution in [3.63, 3.8) is 0 Å². The van der Waals surface area contributed by atoms with Crippen molar-refractivity contribution < 1.29 is 4.79 Å². The predicted octanol–water partition coefficient (Wildman–Crippen LogP) is 1.68. The molecule has 0 saturated carbocycles. The third kappa shape index (κ3) is 1.55. The molecular formula is C10H11ClN2O. The van der Waals surface area contributed by atoms with Crippen molar-refractivity contribution in [2.24, 2.45) is 0 Å². The van der Waals surface area contributed by atoms with Crippen molar-refractivity contribution in [3.05, 3.63) is 24.3 Å². The molecule has 1 atom stereocenters. The van der Waals surface area contributed by atoms with Crippen LogP contribution in [-0.2, 0) is 4.79 Å². The zero-order valence-electron chi connectivity index (χ0n) is 7.83. The fourth-order valence-electron chi connectivity index (χ4n) is 1.54. The molecule has 2 rings (SSSR count). The fourth-order valence-corrected chi connectivity index (χ4v) is 1.81. The molecule has 14 heavy (non-hydrogen) atoms. The molecular weight excluding hydrogens is 200 g/mol. The molecule has 1 aliphatic heterocycles. The van der Waals surface area contributed by atoms with E-state index in [2.05, 4.69) is 5.32 Å². The number of nitrogens with zero attached hydrogens (tertiary/aromatic N) is 1. The molecule has 1 N–H and O–H groups in total. The van der Waals surface area contributed by atoms with Crippen LogP contribution in [0.3, 0.4) is 0 Å². The number of rotatable bonds is 0. The van der Waals surface area contributed by atoms with E-state index in [-0.39, 0.29) is 5.91 Å². The van der Waals surface area contributed by atoms with Crippen molar-refractivity contribution in [1.82, 2.24) is 0 Å². The average molecular weight is 211 g/mol. The number of anilines is 2. The second kappa shape index (κ2) is 3.50. The molecule has 0 spiro atoms. The number of para-hydroxylation sites is 2. The Morgan fingerprint density at radius 2 is 2.21 bits per heavy atom. The quantitative estimate of drug-likeness (QED) is 0.661. The van der Waals surface area contributed by atoms with Crippen LogP contribution in [0, 0.1) is 0 Å². The summed E-state index contributed by atoms with van der Waals surface area (Å²) >= 11 is 5.90. The highest BCUT2D eigenvalue weighted by Crippen LogP contribution is 2.27. The molecule has 0 radical (unpaired) electrons. The number of fused-ring (bicyclic) bond motifs is 1. The van der Waals surface area contributed by atoms with Crippen LogP contribution in [-0.4, -0.2) is 24.9 Å². The van der Waals surface area contributed by atoms with Gasteiger partial charge in [-0.2, -0.15) is 0 Å². The Hall–Kier alpha value is -1.22. The van der Waals surface area contributed by atoms with Gasteiger partial charge in [0.25, 0.3) is 0 Å². The predicted molar refractivity (Wildman–Crippen MR) is 58.0 cm³/mol. The van der Waals surface area contributed by atoms with Crippen molar-refractivity contribution in [2.45, 2.75) is 5.38 Å². The Kier molecular flexibility index (Phi) is 2.33. The lowest BCUT2D eigenvalue weighted by molar-refractivity contribution is -0.115. The number of carbonyl (C=O) groups excluding carboxylic acids is 1. The van der Waals surface area contributed by atoms with Crippen LogP contribution in [0.25, 0.3) is 0 Å². The molecule has 1 unspecified atom stereocenters. The normalized spacial score (nSPS) is 21.1. The number of benzene rings is 1. The summed E-state index contributed by atoms with van der Waals surface area (Å²) in [6, 6.07) is 7.67. The van der Waals surface area contributed by atoms with Gasteiger partial charge >= 0.3 is 0 Å². The molecule has 74 valence electrons. The number of nitrogens with one attached hydrogen (secondary N) is 1. The van der Waals surface area contributed by atoms with Crippen molar-refractivity contribution >= 4 is 28.9 Å². The molecule has 1 heterocycles. The van der Waals surface area contributed by atoms with Gasteiger partial charge in [0.1, 0.15) is 5.38 Å². The van der Waals surface area contributed by atoms with Gasteiger partial charge in [-0.1, -0.05) is 12.1 Å². The third-order valence-electron chi connectivity index (χ3n) is 2.29. The molecule has 3 nitrogen and oxygen atoms in total. The Balaban J connectivity index is 2.43. The average Bonchev–Trinajstić information content (AvgIpc) is 2.27. The van der Waals surface area contributed by atoms with Gasteiger partial charge in [0.2, 0.25) is 5.91 Å². The fraction of sp³-hybridized carbons (Fsp3) is 0.300. The van der Waals surface area contributed by atoms with Crippen LogP contribution in [0.2, 0.25) is 0 Å². The Labute approximate surface area is 87.7 Å². The van der Waals surface area contributed by atoms with Gasteiger partial charge in [0.05, 0.1) is 11.4 Å². The van der Waals surface area contributed by atoms with Gasteiger partial charge in [-0.05, 0) is 12.1 Å². The van der Waals surface area contributed by atoms with Gasteiger partial charge in [0.15, 0.2) is 0 Å². The van der Waals surface area contributed by atoms with E-state index >= 15 is 0 Å². The van der Waals surface area contributed by atoms with Gasteiger partial charge in [-0.3, -0.25) is 4.79 Å². The number of carbonyl (C=O) groups is 1. The largest absolute Gasteiger partial charge is 0.371 e. The van der Waals surface area contributed by atoms with Gasteiger partial charge < -0.3 is 10.2 Å². The Morgan fingerprint density at radius 1 is 1.50 bits per heavy atom. The number of amides is 1. The molecule has 0 fully saturated rings. The molecule has 0 bridgehead atoms. The van der Waals surface area contributed by atoms with Crippen LogP contribution >= 0.6 is 11.6 Å². The summed E-state index contributed by atoms with van der Waals surface area (Å²) in [7, 11) is 1.93. The molecule has 1 amide bonds. The van der Waals surface area contributed by atoms with E-state index in [1.165, 1.54) is 0 Å². The first-order valence-electron chi connectivity index (χ1n) is 4.43. The van der Waals surface area contributed by atoms with E-state index in [9.17, 15) is 4.79 Å². The van der Waals surface area contributed by atoms with E-state index < -0.39 is 5.38 Å². The molecule has 1 aromatic rings. The molecule has 0 aromatic heterocycles. The van der Waals surface area contributed by atoms with Crippen LogP contribution in [0.4, 0.5) is 11.4 Å². The van der Waals surface area contributed by atoms with E-state index in [0.717, 1.165) is 11.4 Å². The number of halogens is 1. The summed E-state index contributed by atoms with van der Waals surface area (Å²) in [6.45, 7) is 0.532. The Bertz CT molecular complexity index is 367. The monoisotopic (exact) mass is 210 g/mol. The maximum absolute atomic E-state index is 11.5. The van der Waals surface area contributed by atoms with E-state index in [1.807, 2.05) is 36.2 Å². The summed E-state index contributed by atoms with van der Waals surface area (Å²) in [6.07, 6.45) is 0. The van der Waals surface area contributed by atoms with Crippen molar-refractivity contribution in [3.8, 4) is 0 Å². The lowest BCUT2D eigenvalue weighted by Gasteiger charge is -2.18. The lowest BCUT2D eigenvalue weighted by Crippen LogP contribution is -2.30. The van der Waals surface area contributed by atoms with Crippen molar-refractivity contribution in [2.75, 3.05) is 23.8 Å². The molecule has 0 saturated heterocycles. The van der Waals surface area contributed by atoms with Crippen LogP contribution < -0.4 is 10.2 Å². The second-order valence-corrected chi connectivity index (χ2v) is 3.88. The smallest absolute Gasteiger partial charge is 0.244 e. The molecule has 1 aliphatic rings. The minimum atomic E-state index is -0.493. The van der Waals surface area contributed by atoms with Gasteiger partial charge in [-0.25, -0.2) is 0 Å². The Morgan fingerprint density at radius 3 is 3.00 bits per heavy atom. The zero-order valence-corrected chi connectivity index (χ0v) is 8.58. The lowest BCUT2D eigenvalue weighted by atomic mass is 10.2. The first-order valence-corrected chi connectivity index (χ1v) is 4.87. The molecule has 0 aliphatic carbocycles. The first-order chi connectivity index (χ1) is 6.68. The maximum Gasteiger partial charge on any atom is 0.244 e. The van der Waals surface area contributed by atoms with Crippen LogP contribution in [0.15, 0.2) is 24.3 Å². The highest BCUT2D eigenvalue weighted by atomic mass is 35.5. The van der Waals surface area contributed by atoms with Gasteiger partial charge in [0, 0.05) is 13.6 Å². The molecule has 4 heteroatoms. The minimum Gasteiger partial charge on any atom is -0.371 e. The summed E-state index contributed by atoms with van der Waals surface area (Å²) < 4.78 is 0. The second-order valence-electron chi connectivity index (χ2n) is 3.35. The summed E-state index contributed by atoms with van der Waals surface area (Å²) in [5, 5.41) is 2.30. The van der Waals surface area contributed by atoms with Crippen LogP contribution in [0.1, 0.15) is 0 Å². The first kappa shape index (κ1) is 9.34. The standard InChI is InChI=1S/C10H11ClN2O/c1-13-6-7(11)10(14)12-8-4-2-3-5-9(8)13/h2-5,7H,6H2,1H3,(H,12,14). The molecule has 1 aromatic carbocycles. The highest BCUT2D eigenvalue weighted by molar-refractivity contribution is 6.33. The SMILES string of the molecule is CN1CC(Cl)C(=O)Nc2ccccc21. The van der Waals surface area contributed by atoms with Crippen molar-refractivity contribution in [1.29, 1.82) is 0 Å². The summed E-state index contributed by atoms with van der Waals surface area (Å²) in [5.41, 5.74) is 1.83. The number of hydrogen-bond acceptors (Lipinski definition) is 2. The van der Waals surface area contributed by atoms with E-state index in [0.29, 0.717) is 6.54 Å². The number of alkyl halides is 1. The number of hydrogen-bond donors (Lipinski definition) is 1. The van der Waals surface area contributed by atoms with Crippen LogP contribution in [0.5, 0.6) is 0 Å². The summed E-state index contributed by atoms with van der Waals surface area (Å²) in [4.78, 5) is 13.4. The highest BCUT2D eigenvalue weighted by Gasteiger charge is 2.23.